The van der Waals surface area contributed by atoms with Crippen molar-refractivity contribution in [3.05, 3.63) is 35.9 Å². The van der Waals surface area contributed by atoms with Gasteiger partial charge in [-0.05, 0) is 12.0 Å². The molecule has 0 fully saturated rings. The monoisotopic (exact) mass is 332 g/mol. The number of carbonyl (C=O) groups is 2. The molecule has 0 bridgehead atoms. The van der Waals surface area contributed by atoms with Crippen LogP contribution in [0.4, 0.5) is 0 Å². The summed E-state index contributed by atoms with van der Waals surface area (Å²) in [5.74, 6) is -0.656. The average molecular weight is 332 g/mol. The molecule has 4 nitrogen and oxygen atoms in total. The minimum Gasteiger partial charge on any atom is -0.316 e. The number of imide groups is 1. The highest BCUT2D eigenvalue weighted by Crippen LogP contribution is 2.11. The van der Waals surface area contributed by atoms with Crippen LogP contribution in [0.15, 0.2) is 30.3 Å². The largest absolute Gasteiger partial charge is 0.316 e. The van der Waals surface area contributed by atoms with Crippen molar-refractivity contribution in [1.29, 1.82) is 0 Å². The zero-order chi connectivity index (χ0) is 17.6. The van der Waals surface area contributed by atoms with Crippen molar-refractivity contribution in [2.45, 2.75) is 77.2 Å². The van der Waals surface area contributed by atoms with Crippen LogP contribution in [0.5, 0.6) is 0 Å². The molecule has 4 heteroatoms. The number of hydrogen-bond donors (Lipinski definition) is 2. The van der Waals surface area contributed by atoms with Crippen molar-refractivity contribution < 1.29 is 9.59 Å². The van der Waals surface area contributed by atoms with Gasteiger partial charge in [0.2, 0.25) is 11.8 Å². The predicted molar refractivity (Wildman–Crippen MR) is 98.4 cm³/mol. The lowest BCUT2D eigenvalue weighted by Gasteiger charge is -2.11. The molecule has 0 spiro atoms. The molecule has 1 unspecified atom stereocenters. The lowest BCUT2D eigenvalue weighted by atomic mass is 10.1. The normalized spacial score (nSPS) is 11.9. The molecule has 1 aromatic rings. The van der Waals surface area contributed by atoms with Gasteiger partial charge in [0.1, 0.15) is 6.04 Å². The summed E-state index contributed by atoms with van der Waals surface area (Å²) in [7, 11) is 0. The fourth-order valence-electron chi connectivity index (χ4n) is 2.69. The first-order valence-electron chi connectivity index (χ1n) is 9.29. The minimum absolute atomic E-state index is 0.227. The van der Waals surface area contributed by atoms with Crippen LogP contribution >= 0.6 is 0 Å². The summed E-state index contributed by atoms with van der Waals surface area (Å²) >= 11 is 0. The summed E-state index contributed by atoms with van der Waals surface area (Å²) in [6.07, 6.45) is 11.2. The van der Waals surface area contributed by atoms with Crippen molar-refractivity contribution in [2.24, 2.45) is 5.73 Å². The van der Waals surface area contributed by atoms with Crippen molar-refractivity contribution >= 4 is 11.8 Å². The van der Waals surface area contributed by atoms with Gasteiger partial charge in [0, 0.05) is 6.42 Å². The Kier molecular flexibility index (Phi) is 10.8. The Labute approximate surface area is 146 Å². The van der Waals surface area contributed by atoms with Crippen LogP contribution in [-0.2, 0) is 9.59 Å². The Morgan fingerprint density at radius 3 is 2.04 bits per heavy atom. The molecule has 0 aromatic heterocycles. The Morgan fingerprint density at radius 2 is 1.46 bits per heavy atom. The lowest BCUT2D eigenvalue weighted by Crippen LogP contribution is -2.37. The van der Waals surface area contributed by atoms with E-state index in [1.807, 2.05) is 18.2 Å². The maximum atomic E-state index is 12.0. The van der Waals surface area contributed by atoms with Crippen molar-refractivity contribution in [3.8, 4) is 0 Å². The molecule has 0 saturated carbocycles. The van der Waals surface area contributed by atoms with Crippen molar-refractivity contribution in [1.82, 2.24) is 5.32 Å². The van der Waals surface area contributed by atoms with E-state index < -0.39 is 11.9 Å². The number of nitrogens with one attached hydrogen (secondary N) is 1. The maximum absolute atomic E-state index is 12.0. The van der Waals surface area contributed by atoms with Gasteiger partial charge in [0.15, 0.2) is 0 Å². The Bertz CT molecular complexity index is 474. The fourth-order valence-corrected chi connectivity index (χ4v) is 2.69. The highest BCUT2D eigenvalue weighted by atomic mass is 16.2. The number of benzene rings is 1. The van der Waals surface area contributed by atoms with Crippen LogP contribution in [0, 0.1) is 0 Å². The highest BCUT2D eigenvalue weighted by Gasteiger charge is 2.17. The maximum Gasteiger partial charge on any atom is 0.248 e. The zero-order valence-corrected chi connectivity index (χ0v) is 14.9. The molecule has 134 valence electrons. The van der Waals surface area contributed by atoms with Crippen LogP contribution < -0.4 is 11.1 Å². The summed E-state index contributed by atoms with van der Waals surface area (Å²) in [6, 6.07) is 8.30. The number of rotatable bonds is 12. The number of hydrogen-bond acceptors (Lipinski definition) is 3. The van der Waals surface area contributed by atoms with E-state index in [9.17, 15) is 9.59 Å². The molecule has 0 heterocycles. The van der Waals surface area contributed by atoms with E-state index in [-0.39, 0.29) is 5.91 Å². The summed E-state index contributed by atoms with van der Waals surface area (Å²) < 4.78 is 0. The van der Waals surface area contributed by atoms with Gasteiger partial charge in [-0.15, -0.1) is 0 Å². The minimum atomic E-state index is -0.793. The van der Waals surface area contributed by atoms with E-state index in [1.165, 1.54) is 38.5 Å². The predicted octanol–water partition coefficient (Wildman–Crippen LogP) is 4.25. The van der Waals surface area contributed by atoms with E-state index >= 15 is 0 Å². The van der Waals surface area contributed by atoms with Crippen LogP contribution in [0.25, 0.3) is 0 Å². The molecule has 0 saturated heterocycles. The first-order valence-corrected chi connectivity index (χ1v) is 9.29. The third-order valence-corrected chi connectivity index (χ3v) is 4.21. The summed E-state index contributed by atoms with van der Waals surface area (Å²) in [5, 5.41) is 2.40. The first-order chi connectivity index (χ1) is 11.6. The average Bonchev–Trinajstić information content (AvgIpc) is 2.60. The molecular formula is C20H32N2O2. The van der Waals surface area contributed by atoms with E-state index in [0.29, 0.717) is 12.0 Å². The summed E-state index contributed by atoms with van der Waals surface area (Å²) in [5.41, 5.74) is 6.58. The summed E-state index contributed by atoms with van der Waals surface area (Å²) in [6.45, 7) is 2.22. The van der Waals surface area contributed by atoms with Crippen LogP contribution in [-0.4, -0.2) is 11.8 Å². The third-order valence-electron chi connectivity index (χ3n) is 4.21. The molecule has 1 atom stereocenters. The van der Waals surface area contributed by atoms with Gasteiger partial charge in [0.25, 0.3) is 0 Å². The highest BCUT2D eigenvalue weighted by molar-refractivity contribution is 5.98. The molecule has 0 aliphatic rings. The molecule has 3 N–H and O–H groups in total. The third kappa shape index (κ3) is 8.82. The van der Waals surface area contributed by atoms with Gasteiger partial charge >= 0.3 is 0 Å². The van der Waals surface area contributed by atoms with Crippen molar-refractivity contribution in [2.75, 3.05) is 0 Å². The number of amides is 2. The van der Waals surface area contributed by atoms with Gasteiger partial charge in [-0.25, -0.2) is 0 Å². The SMILES string of the molecule is CCCCCCCCCCCC(=O)NC(=O)C(N)c1ccccc1. The molecule has 1 rings (SSSR count). The second kappa shape index (κ2) is 12.7. The molecule has 0 aliphatic carbocycles. The van der Waals surface area contributed by atoms with Gasteiger partial charge < -0.3 is 5.73 Å². The van der Waals surface area contributed by atoms with Crippen LogP contribution in [0.3, 0.4) is 0 Å². The standard InChI is InChI=1S/C20H32N2O2/c1-2-3-4-5-6-7-8-9-13-16-18(23)22-20(24)19(21)17-14-11-10-12-15-17/h10-12,14-15,19H,2-9,13,16,21H2,1H3,(H,22,23,24). The number of unbranched alkanes of at least 4 members (excludes halogenated alkanes) is 8. The molecular weight excluding hydrogens is 300 g/mol. The van der Waals surface area contributed by atoms with Crippen molar-refractivity contribution in [3.63, 3.8) is 0 Å². The molecule has 24 heavy (non-hydrogen) atoms. The fraction of sp³-hybridized carbons (Fsp3) is 0.600. The first kappa shape index (κ1) is 20.4. The van der Waals surface area contributed by atoms with E-state index in [1.54, 1.807) is 12.1 Å². The summed E-state index contributed by atoms with van der Waals surface area (Å²) in [4.78, 5) is 23.8. The zero-order valence-electron chi connectivity index (χ0n) is 14.9. The lowest BCUT2D eigenvalue weighted by molar-refractivity contribution is -0.131. The smallest absolute Gasteiger partial charge is 0.248 e. The van der Waals surface area contributed by atoms with Gasteiger partial charge in [-0.1, -0.05) is 88.6 Å². The Balaban J connectivity index is 2.08. The topological polar surface area (TPSA) is 72.2 Å². The molecule has 1 aromatic carbocycles. The van der Waals surface area contributed by atoms with Crippen LogP contribution in [0.2, 0.25) is 0 Å². The number of carbonyl (C=O) groups excluding carboxylic acids is 2. The van der Waals surface area contributed by atoms with E-state index in [4.69, 9.17) is 5.73 Å². The quantitative estimate of drug-likeness (QED) is 0.562. The second-order valence-corrected chi connectivity index (χ2v) is 6.38. The molecule has 2 amide bonds. The van der Waals surface area contributed by atoms with Crippen LogP contribution in [0.1, 0.15) is 82.7 Å². The van der Waals surface area contributed by atoms with Gasteiger partial charge in [-0.2, -0.15) is 0 Å². The molecule has 0 radical (unpaired) electrons. The Morgan fingerprint density at radius 1 is 0.917 bits per heavy atom. The van der Waals surface area contributed by atoms with E-state index in [2.05, 4.69) is 12.2 Å². The van der Waals surface area contributed by atoms with Gasteiger partial charge in [0.05, 0.1) is 0 Å². The molecule has 0 aliphatic heterocycles. The van der Waals surface area contributed by atoms with Gasteiger partial charge in [-0.3, -0.25) is 14.9 Å². The number of nitrogens with two attached hydrogens (primary N) is 1. The Hall–Kier alpha value is -1.68. The second-order valence-electron chi connectivity index (χ2n) is 6.38. The van der Waals surface area contributed by atoms with E-state index in [0.717, 1.165) is 19.3 Å².